The van der Waals surface area contributed by atoms with E-state index in [9.17, 15) is 9.18 Å². The molecule has 34 heavy (non-hydrogen) atoms. The summed E-state index contributed by atoms with van der Waals surface area (Å²) in [4.78, 5) is 28.8. The number of nitrogens with zero attached hydrogens (tertiary/aromatic N) is 4. The number of amides is 1. The van der Waals surface area contributed by atoms with Gasteiger partial charge in [0.25, 0.3) is 11.9 Å². The summed E-state index contributed by atoms with van der Waals surface area (Å²) in [6.45, 7) is 4.92. The largest absolute Gasteiger partial charge is 0.424 e. The number of hydrogen-bond donors (Lipinski definition) is 1. The molecule has 0 bridgehead atoms. The lowest BCUT2D eigenvalue weighted by molar-refractivity contribution is 0.0540. The highest BCUT2D eigenvalue weighted by Gasteiger charge is 2.34. The zero-order valence-corrected chi connectivity index (χ0v) is 19.2. The number of fused-ring (bicyclic) bond motifs is 1. The zero-order valence-electron chi connectivity index (χ0n) is 19.2. The van der Waals surface area contributed by atoms with Crippen molar-refractivity contribution in [1.29, 1.82) is 0 Å². The third-order valence-electron chi connectivity index (χ3n) is 6.55. The Hall–Kier alpha value is -3.81. The highest BCUT2D eigenvalue weighted by Crippen LogP contribution is 2.31. The van der Waals surface area contributed by atoms with Gasteiger partial charge in [-0.2, -0.15) is 4.98 Å². The van der Waals surface area contributed by atoms with Crippen molar-refractivity contribution < 1.29 is 13.6 Å². The molecule has 1 saturated heterocycles. The van der Waals surface area contributed by atoms with Crippen LogP contribution in [0.15, 0.2) is 59.3 Å². The van der Waals surface area contributed by atoms with E-state index in [0.29, 0.717) is 47.2 Å². The van der Waals surface area contributed by atoms with Gasteiger partial charge in [-0.05, 0) is 61.6 Å². The molecule has 1 N–H and O–H groups in total. The first-order valence-corrected chi connectivity index (χ1v) is 11.5. The van der Waals surface area contributed by atoms with Crippen molar-refractivity contribution in [2.24, 2.45) is 5.92 Å². The third-order valence-corrected chi connectivity index (χ3v) is 6.55. The molecule has 1 fully saturated rings. The number of para-hydroxylation sites is 2. The van der Waals surface area contributed by atoms with Gasteiger partial charge in [0.1, 0.15) is 11.3 Å². The number of likely N-dealkylation sites (tertiary alicyclic amines) is 1. The fourth-order valence-electron chi connectivity index (χ4n) is 4.69. The first-order chi connectivity index (χ1) is 16.5. The number of nitrogens with one attached hydrogen (secondary N) is 1. The first-order valence-electron chi connectivity index (χ1n) is 11.5. The van der Waals surface area contributed by atoms with Crippen molar-refractivity contribution in [2.75, 3.05) is 18.4 Å². The summed E-state index contributed by atoms with van der Waals surface area (Å²) >= 11 is 0. The number of piperidine rings is 1. The van der Waals surface area contributed by atoms with Gasteiger partial charge in [0, 0.05) is 31.0 Å². The Labute approximate surface area is 197 Å². The van der Waals surface area contributed by atoms with Crippen LogP contribution >= 0.6 is 0 Å². The van der Waals surface area contributed by atoms with Crippen LogP contribution in [0.4, 0.5) is 10.4 Å². The molecule has 2 atom stereocenters. The van der Waals surface area contributed by atoms with Crippen molar-refractivity contribution in [3.05, 3.63) is 71.8 Å². The van der Waals surface area contributed by atoms with Gasteiger partial charge in [0.05, 0.1) is 11.6 Å². The topological polar surface area (TPSA) is 84.2 Å². The minimum Gasteiger partial charge on any atom is -0.424 e. The summed E-state index contributed by atoms with van der Waals surface area (Å²) in [5, 5.41) is 3.28. The average Bonchev–Trinajstić information content (AvgIpc) is 3.28. The van der Waals surface area contributed by atoms with Crippen molar-refractivity contribution in [2.45, 2.75) is 32.7 Å². The molecular formula is C26H26FN5O2. The Morgan fingerprint density at radius 2 is 1.97 bits per heavy atom. The van der Waals surface area contributed by atoms with Crippen LogP contribution in [-0.4, -0.2) is 44.9 Å². The molecule has 3 heterocycles. The van der Waals surface area contributed by atoms with Gasteiger partial charge >= 0.3 is 0 Å². The maximum Gasteiger partial charge on any atom is 0.295 e. The number of halogens is 1. The lowest BCUT2D eigenvalue weighted by Gasteiger charge is -2.40. The molecule has 1 aliphatic rings. The summed E-state index contributed by atoms with van der Waals surface area (Å²) in [5.41, 5.74) is 2.71. The minimum atomic E-state index is -0.389. The van der Waals surface area contributed by atoms with Gasteiger partial charge in [-0.1, -0.05) is 19.1 Å². The van der Waals surface area contributed by atoms with E-state index in [4.69, 9.17) is 4.42 Å². The Bertz CT molecular complexity index is 1290. The number of anilines is 1. The summed E-state index contributed by atoms with van der Waals surface area (Å²) in [6, 6.07) is 12.5. The summed E-state index contributed by atoms with van der Waals surface area (Å²) in [6.07, 6.45) is 5.11. The molecule has 4 aromatic rings. The van der Waals surface area contributed by atoms with Crippen molar-refractivity contribution in [3.63, 3.8) is 0 Å². The Morgan fingerprint density at radius 3 is 2.76 bits per heavy atom. The summed E-state index contributed by atoms with van der Waals surface area (Å²) < 4.78 is 20.3. The predicted octanol–water partition coefficient (Wildman–Crippen LogP) is 5.09. The fourth-order valence-corrected chi connectivity index (χ4v) is 4.69. The minimum absolute atomic E-state index is 0.0776. The van der Waals surface area contributed by atoms with Gasteiger partial charge in [-0.3, -0.25) is 4.79 Å². The molecule has 5 rings (SSSR count). The van der Waals surface area contributed by atoms with Gasteiger partial charge in [0.2, 0.25) is 0 Å². The predicted molar refractivity (Wildman–Crippen MR) is 128 cm³/mol. The molecular weight excluding hydrogens is 433 g/mol. The lowest BCUT2D eigenvalue weighted by atomic mass is 9.89. The highest BCUT2D eigenvalue weighted by molar-refractivity contribution is 6.01. The summed E-state index contributed by atoms with van der Waals surface area (Å²) in [5.74, 6) is 0.0725. The Kier molecular flexibility index (Phi) is 5.96. The van der Waals surface area contributed by atoms with E-state index in [1.54, 1.807) is 31.5 Å². The van der Waals surface area contributed by atoms with E-state index < -0.39 is 0 Å². The first kappa shape index (κ1) is 22.0. The molecule has 1 aliphatic heterocycles. The van der Waals surface area contributed by atoms with Crippen LogP contribution in [0.2, 0.25) is 0 Å². The van der Waals surface area contributed by atoms with Crippen LogP contribution in [0.25, 0.3) is 22.5 Å². The van der Waals surface area contributed by atoms with Crippen molar-refractivity contribution >= 4 is 23.0 Å². The molecule has 0 radical (unpaired) electrons. The second-order valence-electron chi connectivity index (χ2n) is 8.72. The normalized spacial score (nSPS) is 18.3. The van der Waals surface area contributed by atoms with E-state index >= 15 is 0 Å². The molecule has 1 amide bonds. The smallest absolute Gasteiger partial charge is 0.295 e. The second-order valence-corrected chi connectivity index (χ2v) is 8.72. The van der Waals surface area contributed by atoms with Crippen LogP contribution in [-0.2, 0) is 0 Å². The van der Waals surface area contributed by atoms with E-state index in [0.717, 1.165) is 18.4 Å². The number of rotatable bonds is 5. The maximum atomic E-state index is 14.5. The van der Waals surface area contributed by atoms with Crippen LogP contribution in [0, 0.1) is 18.7 Å². The maximum absolute atomic E-state index is 14.5. The molecule has 7 nitrogen and oxygen atoms in total. The zero-order chi connectivity index (χ0) is 23.7. The number of oxazole rings is 1. The molecule has 0 spiro atoms. The standard InChI is InChI=1S/C26H26FN5O2/c1-16-7-5-14-32(21(16)15-30-26-31-20-8-3-4-9-22(20)34-26)25(33)18-10-11-19(27)17(2)23(18)24-28-12-6-13-29-24/h3-4,6,8-13,16,21H,5,7,14-15H2,1-2H3,(H,30,31). The molecule has 8 heteroatoms. The SMILES string of the molecule is Cc1c(F)ccc(C(=O)N2CCCC(C)C2CNc2nc3ccccc3o2)c1-c1ncccn1. The summed E-state index contributed by atoms with van der Waals surface area (Å²) in [7, 11) is 0. The van der Waals surface area contributed by atoms with E-state index in [2.05, 4.69) is 27.2 Å². The van der Waals surface area contributed by atoms with Crippen LogP contribution in [0.1, 0.15) is 35.7 Å². The van der Waals surface area contributed by atoms with Crippen molar-refractivity contribution in [3.8, 4) is 11.4 Å². The quantitative estimate of drug-likeness (QED) is 0.448. The molecule has 2 unspecified atom stereocenters. The third kappa shape index (κ3) is 4.11. The number of aromatic nitrogens is 3. The van der Waals surface area contributed by atoms with E-state index in [1.165, 1.54) is 6.07 Å². The fraction of sp³-hybridized carbons (Fsp3) is 0.308. The molecule has 174 valence electrons. The van der Waals surface area contributed by atoms with E-state index in [1.807, 2.05) is 29.2 Å². The van der Waals surface area contributed by atoms with Gasteiger partial charge in [-0.25, -0.2) is 14.4 Å². The van der Waals surface area contributed by atoms with Crippen molar-refractivity contribution in [1.82, 2.24) is 19.9 Å². The number of hydrogen-bond acceptors (Lipinski definition) is 6. The average molecular weight is 460 g/mol. The van der Waals surface area contributed by atoms with Crippen LogP contribution < -0.4 is 5.32 Å². The number of benzene rings is 2. The molecule has 0 aliphatic carbocycles. The number of carbonyl (C=O) groups excluding carboxylic acids is 1. The van der Waals surface area contributed by atoms with E-state index in [-0.39, 0.29) is 23.7 Å². The molecule has 0 saturated carbocycles. The van der Waals surface area contributed by atoms with Gasteiger partial charge in [0.15, 0.2) is 11.4 Å². The Morgan fingerprint density at radius 1 is 1.18 bits per heavy atom. The Balaban J connectivity index is 1.44. The lowest BCUT2D eigenvalue weighted by Crippen LogP contribution is -2.51. The van der Waals surface area contributed by atoms with Gasteiger partial charge in [-0.15, -0.1) is 0 Å². The number of carbonyl (C=O) groups is 1. The van der Waals surface area contributed by atoms with Crippen LogP contribution in [0.3, 0.4) is 0 Å². The molecule has 2 aromatic carbocycles. The highest BCUT2D eigenvalue weighted by atomic mass is 19.1. The molecule has 2 aromatic heterocycles. The van der Waals surface area contributed by atoms with Crippen LogP contribution in [0.5, 0.6) is 0 Å². The van der Waals surface area contributed by atoms with Gasteiger partial charge < -0.3 is 14.6 Å². The second kappa shape index (κ2) is 9.21. The monoisotopic (exact) mass is 459 g/mol.